The minimum absolute atomic E-state index is 0.213. The van der Waals surface area contributed by atoms with E-state index in [0.717, 1.165) is 6.20 Å². The monoisotopic (exact) mass is 506 g/mol. The number of carbonyl (C=O) groups excluding carboxylic acids is 1. The summed E-state index contributed by atoms with van der Waals surface area (Å²) in [6.07, 6.45) is 0.156. The highest BCUT2D eigenvalue weighted by Crippen LogP contribution is 2.30. The molecule has 0 aliphatic rings. The highest BCUT2D eigenvalue weighted by molar-refractivity contribution is 7.89. The van der Waals surface area contributed by atoms with E-state index in [-0.39, 0.29) is 5.69 Å². The Morgan fingerprint density at radius 3 is 2.29 bits per heavy atom. The molecule has 8 nitrogen and oxygen atoms in total. The molecular weight excluding hydrogens is 464 g/mol. The van der Waals surface area contributed by atoms with Crippen molar-refractivity contribution in [3.63, 3.8) is 0 Å². The average Bonchev–Trinajstić information content (AvgIpc) is 2.92. The number of benzene rings is 2. The van der Waals surface area contributed by atoms with Gasteiger partial charge in [-0.05, 0) is 26.5 Å². The van der Waals surface area contributed by atoms with Crippen molar-refractivity contribution in [3.05, 3.63) is 66.9 Å². The van der Waals surface area contributed by atoms with E-state index in [1.807, 2.05) is 0 Å². The summed E-state index contributed by atoms with van der Waals surface area (Å²) in [5.74, 6) is -1.59. The number of hydrogen-bond acceptors (Lipinski definition) is 7. The first-order valence-corrected chi connectivity index (χ1v) is 12.4. The Morgan fingerprint density at radius 2 is 1.69 bits per heavy atom. The first-order valence-electron chi connectivity index (χ1n) is 15.5. The topological polar surface area (TPSA) is 101 Å². The number of ether oxygens (including phenoxy) is 1. The molecule has 0 atom stereocenters. The van der Waals surface area contributed by atoms with Gasteiger partial charge in [-0.1, -0.05) is 60.7 Å². The van der Waals surface area contributed by atoms with E-state index in [2.05, 4.69) is 9.97 Å². The van der Waals surface area contributed by atoms with Crippen molar-refractivity contribution in [2.45, 2.75) is 32.6 Å². The first-order chi connectivity index (χ1) is 20.6. The van der Waals surface area contributed by atoms with Crippen LogP contribution in [0.4, 0.5) is 5.82 Å². The second-order valence-corrected chi connectivity index (χ2v) is 9.07. The zero-order valence-electron chi connectivity index (χ0n) is 28.9. The SMILES string of the molecule is [2H]C([2H])(CCC([2H])([2H])N(c1cnc(-c2ccccc2)c(-c2ccccc2)n1)C(C([2H])([2H])[2H])C([2H])([2H])[2H])OCC(=O)NS(C)(=O)=O. The predicted octanol–water partition coefficient (Wildman–Crippen LogP) is 3.90. The standard InChI is InChI=1S/C26H32N4O4S/c1-20(2)30(16-10-11-17-34-19-24(31)29-35(3,32)33)23-18-27-25(21-12-6-4-7-13-21)26(28-23)22-14-8-5-9-15-22/h4-9,12-15,18,20H,10-11,16-17,19H2,1-3H3,(H,29,31)/i1D3,2D3,16D2,17D2. The maximum Gasteiger partial charge on any atom is 0.259 e. The Balaban J connectivity index is 2.10. The summed E-state index contributed by atoms with van der Waals surface area (Å²) in [4.78, 5) is 21.3. The van der Waals surface area contributed by atoms with Crippen molar-refractivity contribution in [2.24, 2.45) is 0 Å². The van der Waals surface area contributed by atoms with Crippen LogP contribution in [0.1, 0.15) is 40.3 Å². The van der Waals surface area contributed by atoms with Crippen LogP contribution in [-0.2, 0) is 19.6 Å². The van der Waals surface area contributed by atoms with Gasteiger partial charge in [0, 0.05) is 41.2 Å². The lowest BCUT2D eigenvalue weighted by atomic mass is 10.0. The summed E-state index contributed by atoms with van der Waals surface area (Å²) < 4.78 is 111. The third kappa shape index (κ3) is 8.15. The summed E-state index contributed by atoms with van der Waals surface area (Å²) in [5, 5.41) is 0. The van der Waals surface area contributed by atoms with E-state index < -0.39 is 74.0 Å². The zero-order chi connectivity index (χ0) is 33.8. The molecule has 186 valence electrons. The molecule has 0 bridgehead atoms. The van der Waals surface area contributed by atoms with Crippen LogP contribution in [-0.4, -0.2) is 56.3 Å². The van der Waals surface area contributed by atoms with Gasteiger partial charge >= 0.3 is 0 Å². The summed E-state index contributed by atoms with van der Waals surface area (Å²) >= 11 is 0. The van der Waals surface area contributed by atoms with Gasteiger partial charge in [0.15, 0.2) is 0 Å². The minimum Gasteiger partial charge on any atom is -0.372 e. The lowest BCUT2D eigenvalue weighted by molar-refractivity contribution is -0.123. The smallest absolute Gasteiger partial charge is 0.259 e. The van der Waals surface area contributed by atoms with Crippen LogP contribution in [0.15, 0.2) is 66.9 Å². The van der Waals surface area contributed by atoms with Crippen molar-refractivity contribution >= 4 is 21.7 Å². The molecule has 1 heterocycles. The fraction of sp³-hybridized carbons (Fsp3) is 0.346. The van der Waals surface area contributed by atoms with E-state index in [4.69, 9.17) is 18.4 Å². The highest BCUT2D eigenvalue weighted by atomic mass is 32.2. The molecular formula is C26H32N4O4S. The molecule has 9 heteroatoms. The highest BCUT2D eigenvalue weighted by Gasteiger charge is 2.17. The number of amides is 1. The molecule has 3 rings (SSSR count). The van der Waals surface area contributed by atoms with Crippen molar-refractivity contribution in [1.82, 2.24) is 14.7 Å². The van der Waals surface area contributed by atoms with Gasteiger partial charge in [0.05, 0.1) is 26.6 Å². The molecule has 1 aromatic heterocycles. The van der Waals surface area contributed by atoms with Gasteiger partial charge in [0.1, 0.15) is 12.4 Å². The number of carbonyl (C=O) groups is 1. The first kappa shape index (κ1) is 15.6. The average molecular weight is 507 g/mol. The molecule has 0 unspecified atom stereocenters. The molecule has 0 spiro atoms. The normalized spacial score (nSPS) is 17.2. The second kappa shape index (κ2) is 12.4. The molecule has 0 aliphatic heterocycles. The van der Waals surface area contributed by atoms with Gasteiger partial charge in [0.2, 0.25) is 10.0 Å². The van der Waals surface area contributed by atoms with Crippen molar-refractivity contribution in [2.75, 3.05) is 30.8 Å². The van der Waals surface area contributed by atoms with Gasteiger partial charge in [-0.2, -0.15) is 0 Å². The fourth-order valence-electron chi connectivity index (χ4n) is 3.06. The maximum atomic E-state index is 11.8. The second-order valence-electron chi connectivity index (χ2n) is 7.32. The number of anilines is 1. The lowest BCUT2D eigenvalue weighted by Gasteiger charge is -2.28. The Bertz CT molecular complexity index is 1560. The van der Waals surface area contributed by atoms with Crippen molar-refractivity contribution in [3.8, 4) is 22.5 Å². The molecule has 0 saturated heterocycles. The molecule has 0 aliphatic carbocycles. The Morgan fingerprint density at radius 1 is 1.06 bits per heavy atom. The Hall–Kier alpha value is -3.30. The van der Waals surface area contributed by atoms with Crippen LogP contribution in [0.2, 0.25) is 0 Å². The van der Waals surface area contributed by atoms with Crippen LogP contribution in [0.5, 0.6) is 0 Å². The summed E-state index contributed by atoms with van der Waals surface area (Å²) in [7, 11) is -3.94. The molecule has 1 amide bonds. The zero-order valence-corrected chi connectivity index (χ0v) is 19.7. The number of hydrogen-bond donors (Lipinski definition) is 1. The third-order valence-corrected chi connectivity index (χ3v) is 5.07. The lowest BCUT2D eigenvalue weighted by Crippen LogP contribution is -2.33. The molecule has 0 fully saturated rings. The van der Waals surface area contributed by atoms with Crippen LogP contribution < -0.4 is 9.62 Å². The maximum absolute atomic E-state index is 11.8. The summed E-state index contributed by atoms with van der Waals surface area (Å²) in [6.45, 7) is -13.2. The predicted molar refractivity (Wildman–Crippen MR) is 138 cm³/mol. The number of aromatic nitrogens is 2. The molecule has 0 saturated carbocycles. The van der Waals surface area contributed by atoms with Gasteiger partial charge in [-0.3, -0.25) is 14.5 Å². The van der Waals surface area contributed by atoms with E-state index in [1.165, 1.54) is 0 Å². The van der Waals surface area contributed by atoms with Crippen LogP contribution >= 0.6 is 0 Å². The number of nitrogens with one attached hydrogen (secondary N) is 1. The summed E-state index contributed by atoms with van der Waals surface area (Å²) in [5.41, 5.74) is 1.74. The van der Waals surface area contributed by atoms with Gasteiger partial charge in [-0.15, -0.1) is 0 Å². The van der Waals surface area contributed by atoms with Crippen LogP contribution in [0.25, 0.3) is 22.5 Å². The van der Waals surface area contributed by atoms with Crippen LogP contribution in [0, 0.1) is 0 Å². The Labute approximate surface area is 221 Å². The van der Waals surface area contributed by atoms with Gasteiger partial charge in [-0.25, -0.2) is 13.4 Å². The van der Waals surface area contributed by atoms with Crippen LogP contribution in [0.3, 0.4) is 0 Å². The van der Waals surface area contributed by atoms with E-state index >= 15 is 0 Å². The molecule has 2 aromatic carbocycles. The largest absolute Gasteiger partial charge is 0.372 e. The van der Waals surface area contributed by atoms with E-state index in [9.17, 15) is 13.2 Å². The van der Waals surface area contributed by atoms with Gasteiger partial charge < -0.3 is 9.64 Å². The Kier molecular flexibility index (Phi) is 5.55. The van der Waals surface area contributed by atoms with Crippen molar-refractivity contribution < 1.29 is 31.7 Å². The quantitative estimate of drug-likeness (QED) is 0.397. The van der Waals surface area contributed by atoms with E-state index in [1.54, 1.807) is 65.4 Å². The molecule has 3 aromatic rings. The van der Waals surface area contributed by atoms with Crippen molar-refractivity contribution in [1.29, 1.82) is 0 Å². The minimum atomic E-state index is -3.94. The summed E-state index contributed by atoms with van der Waals surface area (Å²) in [6, 6.07) is 15.0. The number of rotatable bonds is 12. The molecule has 35 heavy (non-hydrogen) atoms. The molecule has 1 N–H and O–H groups in total. The third-order valence-electron chi connectivity index (χ3n) is 4.47. The fourth-order valence-corrected chi connectivity index (χ4v) is 3.53. The molecule has 0 radical (unpaired) electrons. The number of nitrogens with zero attached hydrogens (tertiary/aromatic N) is 3. The van der Waals surface area contributed by atoms with E-state index in [0.29, 0.717) is 28.0 Å². The number of sulfonamides is 1. The van der Waals surface area contributed by atoms with Gasteiger partial charge in [0.25, 0.3) is 5.91 Å².